The molecule has 36 heavy (non-hydrogen) atoms. The number of aromatic nitrogens is 4. The second kappa shape index (κ2) is 10.3. The Morgan fingerprint density at radius 3 is 2.47 bits per heavy atom. The lowest BCUT2D eigenvalue weighted by atomic mass is 10.1. The van der Waals surface area contributed by atoms with Crippen molar-refractivity contribution in [3.63, 3.8) is 0 Å². The van der Waals surface area contributed by atoms with Crippen LogP contribution in [0.4, 0.5) is 0 Å². The quantitative estimate of drug-likeness (QED) is 0.388. The third-order valence-electron chi connectivity index (χ3n) is 6.26. The van der Waals surface area contributed by atoms with Gasteiger partial charge in [0.25, 0.3) is 5.56 Å². The van der Waals surface area contributed by atoms with Crippen LogP contribution in [0.1, 0.15) is 32.9 Å². The first-order valence-corrected chi connectivity index (χ1v) is 13.4. The zero-order chi connectivity index (χ0) is 26.2. The Labute approximate surface area is 209 Å². The molecule has 12 nitrogen and oxygen atoms in total. The average molecular weight is 521 g/mol. The number of sulfonamides is 1. The summed E-state index contributed by atoms with van der Waals surface area (Å²) < 4.78 is 35.2. The van der Waals surface area contributed by atoms with Crippen molar-refractivity contribution in [3.05, 3.63) is 34.2 Å². The first kappa shape index (κ1) is 26.2. The maximum atomic E-state index is 13.5. The van der Waals surface area contributed by atoms with E-state index in [1.807, 2.05) is 6.92 Å². The van der Waals surface area contributed by atoms with Crippen molar-refractivity contribution in [2.24, 2.45) is 7.05 Å². The summed E-state index contributed by atoms with van der Waals surface area (Å²) >= 11 is 0. The molecule has 0 radical (unpaired) electrons. The van der Waals surface area contributed by atoms with E-state index in [4.69, 9.17) is 4.74 Å². The van der Waals surface area contributed by atoms with Crippen LogP contribution >= 0.6 is 0 Å². The molecular weight excluding hydrogens is 488 g/mol. The lowest BCUT2D eigenvalue weighted by molar-refractivity contribution is -0.136. The monoisotopic (exact) mass is 520 g/mol. The maximum Gasteiger partial charge on any atom is 0.277 e. The summed E-state index contributed by atoms with van der Waals surface area (Å²) in [5.41, 5.74) is 1.37. The van der Waals surface area contributed by atoms with Crippen molar-refractivity contribution < 1.29 is 23.4 Å². The van der Waals surface area contributed by atoms with Crippen molar-refractivity contribution in [1.29, 1.82) is 0 Å². The number of rotatable bonds is 8. The zero-order valence-corrected chi connectivity index (χ0v) is 21.6. The van der Waals surface area contributed by atoms with Crippen LogP contribution in [-0.2, 0) is 23.5 Å². The molecule has 0 saturated carbocycles. The molecule has 0 aliphatic carbocycles. The maximum absolute atomic E-state index is 13.5. The average Bonchev–Trinajstić information content (AvgIpc) is 3.15. The Morgan fingerprint density at radius 1 is 1.17 bits per heavy atom. The molecular formula is C23H32N6O6S. The summed E-state index contributed by atoms with van der Waals surface area (Å²) in [7, 11) is -2.41. The Bertz CT molecular complexity index is 1410. The Hall–Kier alpha value is -2.84. The number of ether oxygens (including phenoxy) is 1. The molecule has 1 saturated heterocycles. The molecule has 1 aliphatic rings. The fraction of sp³-hybridized carbons (Fsp3) is 0.522. The highest BCUT2D eigenvalue weighted by Crippen LogP contribution is 2.33. The summed E-state index contributed by atoms with van der Waals surface area (Å²) in [4.78, 5) is 21.7. The van der Waals surface area contributed by atoms with Gasteiger partial charge in [-0.05, 0) is 31.5 Å². The fourth-order valence-electron chi connectivity index (χ4n) is 4.53. The number of fused-ring (bicyclic) bond motifs is 1. The molecule has 4 rings (SSSR count). The molecule has 2 aromatic heterocycles. The topological polar surface area (TPSA) is 154 Å². The van der Waals surface area contributed by atoms with Gasteiger partial charge in [0.2, 0.25) is 10.0 Å². The standard InChI is InChI=1S/C23H32N6O6S/c1-5-8-16-20-21(27(4)26-16)23(32)25-22(24-20)15-11-14(9-10-17(15)35-7-3)36(33,34)28-12-18(30)29(6-2)19(31)13-28/h9-11,18-19,30-31H,5-8,12-13H2,1-4H3,(H,24,25,32). The molecule has 1 aromatic carbocycles. The lowest BCUT2D eigenvalue weighted by Crippen LogP contribution is -2.59. The molecule has 1 aliphatic heterocycles. The first-order valence-electron chi connectivity index (χ1n) is 12.0. The predicted molar refractivity (Wildman–Crippen MR) is 133 cm³/mol. The number of aliphatic hydroxyl groups excluding tert-OH is 2. The van der Waals surface area contributed by atoms with Gasteiger partial charge in [-0.1, -0.05) is 20.3 Å². The number of nitrogens with zero attached hydrogens (tertiary/aromatic N) is 5. The van der Waals surface area contributed by atoms with Crippen LogP contribution < -0.4 is 10.3 Å². The molecule has 13 heteroatoms. The minimum Gasteiger partial charge on any atom is -0.493 e. The molecule has 0 spiro atoms. The molecule has 3 heterocycles. The number of hydrogen-bond acceptors (Lipinski definition) is 9. The summed E-state index contributed by atoms with van der Waals surface area (Å²) in [5, 5.41) is 25.1. The number of hydrogen-bond donors (Lipinski definition) is 3. The molecule has 3 aromatic rings. The Kier molecular flexibility index (Phi) is 7.48. The van der Waals surface area contributed by atoms with Crippen molar-refractivity contribution >= 4 is 21.1 Å². The number of β-amino-alcohol motifs (C(OH)–C–C–N with tert-alkyl or cyclic N) is 2. The second-order valence-corrected chi connectivity index (χ2v) is 10.6. The van der Waals surface area contributed by atoms with Gasteiger partial charge in [-0.2, -0.15) is 9.40 Å². The van der Waals surface area contributed by atoms with Gasteiger partial charge < -0.3 is 19.9 Å². The molecule has 3 N–H and O–H groups in total. The van der Waals surface area contributed by atoms with Gasteiger partial charge in [-0.15, -0.1) is 0 Å². The van der Waals surface area contributed by atoms with E-state index in [0.717, 1.165) is 10.7 Å². The van der Waals surface area contributed by atoms with Crippen LogP contribution in [0.5, 0.6) is 5.75 Å². The number of piperazine rings is 1. The van der Waals surface area contributed by atoms with E-state index in [1.54, 1.807) is 20.9 Å². The van der Waals surface area contributed by atoms with Crippen molar-refractivity contribution in [2.45, 2.75) is 51.0 Å². The highest BCUT2D eigenvalue weighted by atomic mass is 32.2. The molecule has 1 fully saturated rings. The van der Waals surface area contributed by atoms with E-state index in [2.05, 4.69) is 15.1 Å². The fourth-order valence-corrected chi connectivity index (χ4v) is 5.99. The number of aromatic amines is 1. The number of likely N-dealkylation sites (N-methyl/N-ethyl adjacent to an activating group) is 1. The predicted octanol–water partition coefficient (Wildman–Crippen LogP) is 0.638. The minimum absolute atomic E-state index is 0.0759. The summed E-state index contributed by atoms with van der Waals surface area (Å²) in [5.74, 6) is 0.518. The lowest BCUT2D eigenvalue weighted by Gasteiger charge is -2.40. The number of benzene rings is 1. The largest absolute Gasteiger partial charge is 0.493 e. The minimum atomic E-state index is -4.09. The van der Waals surface area contributed by atoms with Gasteiger partial charge in [0.15, 0.2) is 5.52 Å². The van der Waals surface area contributed by atoms with Crippen LogP contribution in [0.3, 0.4) is 0 Å². The van der Waals surface area contributed by atoms with E-state index in [0.29, 0.717) is 47.6 Å². The number of aliphatic hydroxyl groups is 2. The van der Waals surface area contributed by atoms with Crippen molar-refractivity contribution in [2.75, 3.05) is 26.2 Å². The van der Waals surface area contributed by atoms with E-state index in [-0.39, 0.29) is 23.8 Å². The number of aryl methyl sites for hydroxylation is 2. The van der Waals surface area contributed by atoms with Gasteiger partial charge in [0.1, 0.15) is 29.5 Å². The third-order valence-corrected chi connectivity index (χ3v) is 8.09. The normalized spacial score (nSPS) is 19.7. The van der Waals surface area contributed by atoms with E-state index >= 15 is 0 Å². The van der Waals surface area contributed by atoms with Crippen LogP contribution in [0, 0.1) is 0 Å². The number of H-pyrrole nitrogens is 1. The van der Waals surface area contributed by atoms with Crippen LogP contribution in [0.25, 0.3) is 22.4 Å². The SMILES string of the molecule is CCCc1nn(C)c2c(=O)[nH]c(-c3cc(S(=O)(=O)N4CC(O)N(CC)C(O)C4)ccc3OCC)nc12. The van der Waals surface area contributed by atoms with Gasteiger partial charge in [0.05, 0.1) is 35.8 Å². The van der Waals surface area contributed by atoms with Gasteiger partial charge >= 0.3 is 0 Å². The highest BCUT2D eigenvalue weighted by molar-refractivity contribution is 7.89. The second-order valence-electron chi connectivity index (χ2n) is 8.64. The van der Waals surface area contributed by atoms with Gasteiger partial charge in [-0.3, -0.25) is 14.4 Å². The third kappa shape index (κ3) is 4.64. The van der Waals surface area contributed by atoms with Crippen molar-refractivity contribution in [3.8, 4) is 17.1 Å². The summed E-state index contributed by atoms with van der Waals surface area (Å²) in [6, 6.07) is 4.31. The Balaban J connectivity index is 1.83. The molecule has 196 valence electrons. The molecule has 2 atom stereocenters. The first-order chi connectivity index (χ1) is 17.1. The van der Waals surface area contributed by atoms with E-state index in [1.165, 1.54) is 27.8 Å². The summed E-state index contributed by atoms with van der Waals surface area (Å²) in [6.45, 7) is 5.89. The van der Waals surface area contributed by atoms with Gasteiger partial charge in [0, 0.05) is 13.6 Å². The summed E-state index contributed by atoms with van der Waals surface area (Å²) in [6.07, 6.45) is -0.831. The van der Waals surface area contributed by atoms with Crippen LogP contribution in [0.15, 0.2) is 27.9 Å². The highest BCUT2D eigenvalue weighted by Gasteiger charge is 2.38. The Morgan fingerprint density at radius 2 is 1.86 bits per heavy atom. The molecule has 0 amide bonds. The van der Waals surface area contributed by atoms with E-state index in [9.17, 15) is 23.4 Å². The zero-order valence-electron chi connectivity index (χ0n) is 20.8. The number of nitrogens with one attached hydrogen (secondary N) is 1. The van der Waals surface area contributed by atoms with Crippen LogP contribution in [-0.4, -0.2) is 86.3 Å². The molecule has 2 unspecified atom stereocenters. The van der Waals surface area contributed by atoms with Crippen LogP contribution in [0.2, 0.25) is 0 Å². The smallest absolute Gasteiger partial charge is 0.277 e. The van der Waals surface area contributed by atoms with E-state index < -0.39 is 28.0 Å². The van der Waals surface area contributed by atoms with Crippen molar-refractivity contribution in [1.82, 2.24) is 29.0 Å². The van der Waals surface area contributed by atoms with Gasteiger partial charge in [-0.25, -0.2) is 13.4 Å². The molecule has 0 bridgehead atoms.